The van der Waals surface area contributed by atoms with Gasteiger partial charge in [-0.3, -0.25) is 14.8 Å². The average Bonchev–Trinajstić information content (AvgIpc) is 3.28. The van der Waals surface area contributed by atoms with Crippen LogP contribution in [0.2, 0.25) is 0 Å². The maximum absolute atomic E-state index is 13.4. The molecule has 1 fully saturated rings. The van der Waals surface area contributed by atoms with Crippen LogP contribution in [0.15, 0.2) is 54.7 Å². The Kier molecular flexibility index (Phi) is 7.69. The van der Waals surface area contributed by atoms with Gasteiger partial charge in [-0.25, -0.2) is 9.78 Å². The minimum atomic E-state index is -0.505. The lowest BCUT2D eigenvalue weighted by Crippen LogP contribution is -2.51. The Morgan fingerprint density at radius 1 is 1.08 bits per heavy atom. The molecular formula is C27H34N6O3. The summed E-state index contributed by atoms with van der Waals surface area (Å²) in [6, 6.07) is 13.5. The number of allylic oxidation sites excluding steroid dienone is 1. The molecule has 190 valence electrons. The Labute approximate surface area is 211 Å². The standard InChI is InChI=1S/C27H34N6O3/c1-20(24-22-11-8-12-28-25(22)30-29-24)19-23(34)33(21-9-6-5-7-10-21)18-15-31-13-16-32(17-14-31)26(35)36-27(2,3)4/h5-12,19H,13-18H2,1-4H3,(H,28,29,30). The van der Waals surface area contributed by atoms with Gasteiger partial charge in [0.2, 0.25) is 0 Å². The van der Waals surface area contributed by atoms with Gasteiger partial charge < -0.3 is 14.5 Å². The van der Waals surface area contributed by atoms with E-state index >= 15 is 0 Å². The van der Waals surface area contributed by atoms with Crippen LogP contribution >= 0.6 is 0 Å². The number of anilines is 1. The number of carbonyl (C=O) groups is 2. The average molecular weight is 491 g/mol. The number of aromatic nitrogens is 3. The smallest absolute Gasteiger partial charge is 0.410 e. The number of aromatic amines is 1. The number of nitrogens with one attached hydrogen (secondary N) is 1. The lowest BCUT2D eigenvalue weighted by Gasteiger charge is -2.36. The zero-order valence-electron chi connectivity index (χ0n) is 21.4. The first kappa shape index (κ1) is 25.4. The van der Waals surface area contributed by atoms with Gasteiger partial charge in [-0.15, -0.1) is 0 Å². The fraction of sp³-hybridized carbons (Fsp3) is 0.407. The molecule has 0 radical (unpaired) electrons. The number of amides is 2. The van der Waals surface area contributed by atoms with Gasteiger partial charge in [0.1, 0.15) is 5.60 Å². The second kappa shape index (κ2) is 10.9. The molecule has 3 heterocycles. The van der Waals surface area contributed by atoms with Gasteiger partial charge in [-0.2, -0.15) is 5.10 Å². The zero-order valence-corrected chi connectivity index (χ0v) is 21.4. The Bertz CT molecular complexity index is 1220. The van der Waals surface area contributed by atoms with E-state index in [1.165, 1.54) is 0 Å². The minimum Gasteiger partial charge on any atom is -0.444 e. The SMILES string of the molecule is CC(=CC(=O)N(CCN1CCN(C(=O)OC(C)(C)C)CC1)c1ccccc1)c1[nH]nc2ncccc12. The first-order valence-corrected chi connectivity index (χ1v) is 12.3. The number of benzene rings is 1. The third-order valence-corrected chi connectivity index (χ3v) is 6.06. The lowest BCUT2D eigenvalue weighted by molar-refractivity contribution is -0.114. The summed E-state index contributed by atoms with van der Waals surface area (Å²) in [6.45, 7) is 11.4. The molecular weight excluding hydrogens is 456 g/mol. The lowest BCUT2D eigenvalue weighted by atomic mass is 10.1. The summed E-state index contributed by atoms with van der Waals surface area (Å²) in [7, 11) is 0. The highest BCUT2D eigenvalue weighted by atomic mass is 16.6. The molecule has 36 heavy (non-hydrogen) atoms. The number of hydrogen-bond acceptors (Lipinski definition) is 6. The number of hydrogen-bond donors (Lipinski definition) is 1. The Morgan fingerprint density at radius 3 is 2.50 bits per heavy atom. The summed E-state index contributed by atoms with van der Waals surface area (Å²) in [4.78, 5) is 35.9. The van der Waals surface area contributed by atoms with E-state index < -0.39 is 5.60 Å². The van der Waals surface area contributed by atoms with Crippen molar-refractivity contribution in [1.82, 2.24) is 25.0 Å². The van der Waals surface area contributed by atoms with Crippen molar-refractivity contribution < 1.29 is 14.3 Å². The largest absolute Gasteiger partial charge is 0.444 e. The molecule has 1 aromatic carbocycles. The third-order valence-electron chi connectivity index (χ3n) is 6.06. The minimum absolute atomic E-state index is 0.0993. The van der Waals surface area contributed by atoms with Crippen molar-refractivity contribution in [3.05, 3.63) is 60.4 Å². The highest BCUT2D eigenvalue weighted by Crippen LogP contribution is 2.22. The van der Waals surface area contributed by atoms with Crippen LogP contribution in [0.5, 0.6) is 0 Å². The quantitative estimate of drug-likeness (QED) is 0.526. The van der Waals surface area contributed by atoms with Crippen molar-refractivity contribution in [3.8, 4) is 0 Å². The molecule has 0 aliphatic carbocycles. The number of fused-ring (bicyclic) bond motifs is 1. The van der Waals surface area contributed by atoms with Gasteiger partial charge in [0.05, 0.1) is 5.69 Å². The van der Waals surface area contributed by atoms with Gasteiger partial charge in [0.15, 0.2) is 5.65 Å². The second-order valence-corrected chi connectivity index (χ2v) is 9.93. The van der Waals surface area contributed by atoms with Crippen LogP contribution < -0.4 is 4.90 Å². The summed E-state index contributed by atoms with van der Waals surface area (Å²) in [5.41, 5.74) is 2.54. The van der Waals surface area contributed by atoms with Crippen LogP contribution in [0.25, 0.3) is 16.6 Å². The fourth-order valence-corrected chi connectivity index (χ4v) is 4.18. The first-order chi connectivity index (χ1) is 17.2. The zero-order chi connectivity index (χ0) is 25.7. The van der Waals surface area contributed by atoms with E-state index in [2.05, 4.69) is 20.1 Å². The summed E-state index contributed by atoms with van der Waals surface area (Å²) in [5, 5.41) is 8.13. The van der Waals surface area contributed by atoms with Crippen LogP contribution in [0.3, 0.4) is 0 Å². The monoisotopic (exact) mass is 490 g/mol. The van der Waals surface area contributed by atoms with Crippen molar-refractivity contribution in [2.45, 2.75) is 33.3 Å². The number of rotatable bonds is 6. The van der Waals surface area contributed by atoms with Gasteiger partial charge in [0, 0.05) is 62.6 Å². The molecule has 1 aliphatic rings. The molecule has 4 rings (SSSR count). The highest BCUT2D eigenvalue weighted by Gasteiger charge is 2.26. The van der Waals surface area contributed by atoms with E-state index in [-0.39, 0.29) is 12.0 Å². The fourth-order valence-electron chi connectivity index (χ4n) is 4.18. The van der Waals surface area contributed by atoms with Gasteiger partial charge in [0.25, 0.3) is 5.91 Å². The molecule has 0 atom stereocenters. The van der Waals surface area contributed by atoms with Crippen LogP contribution in [0.4, 0.5) is 10.5 Å². The van der Waals surface area contributed by atoms with E-state index in [0.717, 1.165) is 35.4 Å². The normalized spacial score (nSPS) is 15.2. The van der Waals surface area contributed by atoms with Crippen LogP contribution in [-0.2, 0) is 9.53 Å². The maximum Gasteiger partial charge on any atom is 0.410 e. The van der Waals surface area contributed by atoms with Crippen molar-refractivity contribution in [3.63, 3.8) is 0 Å². The van der Waals surface area contributed by atoms with Crippen LogP contribution in [0, 0.1) is 0 Å². The number of para-hydroxylation sites is 1. The summed E-state index contributed by atoms with van der Waals surface area (Å²) in [6.07, 6.45) is 3.07. The first-order valence-electron chi connectivity index (χ1n) is 12.3. The number of H-pyrrole nitrogens is 1. The molecule has 1 N–H and O–H groups in total. The van der Waals surface area contributed by atoms with Crippen LogP contribution in [-0.4, -0.2) is 81.9 Å². The molecule has 0 unspecified atom stereocenters. The number of pyridine rings is 1. The van der Waals surface area contributed by atoms with Gasteiger partial charge in [-0.05, 0) is 57.5 Å². The molecule has 0 bridgehead atoms. The summed E-state index contributed by atoms with van der Waals surface area (Å²) < 4.78 is 5.49. The Morgan fingerprint density at radius 2 is 1.81 bits per heavy atom. The van der Waals surface area contributed by atoms with Gasteiger partial charge in [-0.1, -0.05) is 18.2 Å². The number of nitrogens with zero attached hydrogens (tertiary/aromatic N) is 5. The number of piperazine rings is 1. The Hall–Kier alpha value is -3.72. The van der Waals surface area contributed by atoms with Crippen molar-refractivity contribution in [2.75, 3.05) is 44.2 Å². The molecule has 9 nitrogen and oxygen atoms in total. The van der Waals surface area contributed by atoms with E-state index in [1.54, 1.807) is 22.1 Å². The van der Waals surface area contributed by atoms with E-state index in [1.807, 2.05) is 70.2 Å². The molecule has 2 amide bonds. The van der Waals surface area contributed by atoms with E-state index in [9.17, 15) is 9.59 Å². The van der Waals surface area contributed by atoms with Crippen LogP contribution in [0.1, 0.15) is 33.4 Å². The predicted molar refractivity (Wildman–Crippen MR) is 141 cm³/mol. The molecule has 9 heteroatoms. The number of carbonyl (C=O) groups excluding carboxylic acids is 2. The molecule has 0 saturated carbocycles. The van der Waals surface area contributed by atoms with Gasteiger partial charge >= 0.3 is 6.09 Å². The van der Waals surface area contributed by atoms with E-state index in [0.29, 0.717) is 31.8 Å². The second-order valence-electron chi connectivity index (χ2n) is 9.93. The van der Waals surface area contributed by atoms with Crippen molar-refractivity contribution >= 4 is 34.3 Å². The van der Waals surface area contributed by atoms with Crippen molar-refractivity contribution in [1.29, 1.82) is 0 Å². The molecule has 3 aromatic rings. The van der Waals surface area contributed by atoms with Crippen molar-refractivity contribution in [2.24, 2.45) is 0 Å². The molecule has 2 aromatic heterocycles. The molecule has 1 saturated heterocycles. The molecule has 0 spiro atoms. The summed E-state index contributed by atoms with van der Waals surface area (Å²) >= 11 is 0. The molecule has 1 aliphatic heterocycles. The Balaban J connectivity index is 1.42. The summed E-state index contributed by atoms with van der Waals surface area (Å²) in [5.74, 6) is -0.0993. The highest BCUT2D eigenvalue weighted by molar-refractivity contribution is 6.06. The number of ether oxygens (including phenoxy) is 1. The topological polar surface area (TPSA) is 94.7 Å². The van der Waals surface area contributed by atoms with E-state index in [4.69, 9.17) is 4.74 Å². The maximum atomic E-state index is 13.4. The predicted octanol–water partition coefficient (Wildman–Crippen LogP) is 3.95. The third kappa shape index (κ3) is 6.28.